The third kappa shape index (κ3) is 2.51. The number of nitrogens with zero attached hydrogens (tertiary/aromatic N) is 2. The van der Waals surface area contributed by atoms with Gasteiger partial charge < -0.3 is 9.80 Å². The van der Waals surface area contributed by atoms with Crippen LogP contribution in [0.2, 0.25) is 0 Å². The fraction of sp³-hybridized carbons (Fsp3) is 0.966. The lowest BCUT2D eigenvalue weighted by Gasteiger charge is -2.64. The summed E-state index contributed by atoms with van der Waals surface area (Å²) in [5, 5.41) is 0. The first-order chi connectivity index (χ1) is 14.8. The van der Waals surface area contributed by atoms with E-state index >= 15 is 0 Å². The Morgan fingerprint density at radius 2 is 1.44 bits per heavy atom. The maximum absolute atomic E-state index is 12.3. The van der Waals surface area contributed by atoms with E-state index in [2.05, 4.69) is 65.6 Å². The zero-order valence-corrected chi connectivity index (χ0v) is 22.6. The van der Waals surface area contributed by atoms with Crippen molar-refractivity contribution in [1.29, 1.82) is 0 Å². The van der Waals surface area contributed by atoms with Gasteiger partial charge in [0.05, 0.1) is 0 Å². The van der Waals surface area contributed by atoms with Crippen molar-refractivity contribution in [1.82, 2.24) is 9.80 Å². The van der Waals surface area contributed by atoms with Crippen LogP contribution in [0.5, 0.6) is 0 Å². The van der Waals surface area contributed by atoms with Crippen molar-refractivity contribution in [3.8, 4) is 0 Å². The van der Waals surface area contributed by atoms with Crippen LogP contribution in [-0.2, 0) is 4.79 Å². The summed E-state index contributed by atoms with van der Waals surface area (Å²) < 4.78 is 0. The minimum atomic E-state index is 0.229. The molecule has 0 aliphatic heterocycles. The Balaban J connectivity index is 1.47. The molecule has 5 saturated carbocycles. The van der Waals surface area contributed by atoms with Crippen molar-refractivity contribution >= 4 is 5.91 Å². The molecule has 32 heavy (non-hydrogen) atoms. The standard InChI is InChI=1S/C29H50N2O/c1-19(30(7)8)21-12-14-27(6)23-11-10-22-25(3,4)24(31(9)20(2)32)13-15-28(22)18-29(23,28)17-16-26(21,27)5/h19,21-24H,10-18H2,1-9H3/t19-,21-,22+,23+,24+,26-,27+,28-,29+/m1/s1. The van der Waals surface area contributed by atoms with Crippen LogP contribution in [0.15, 0.2) is 0 Å². The molecule has 9 atom stereocenters. The Morgan fingerprint density at radius 1 is 0.812 bits per heavy atom. The normalized spacial score (nSPS) is 51.8. The van der Waals surface area contributed by atoms with Crippen molar-refractivity contribution in [2.24, 2.45) is 44.8 Å². The maximum Gasteiger partial charge on any atom is 0.219 e. The van der Waals surface area contributed by atoms with Crippen molar-refractivity contribution < 1.29 is 4.79 Å². The van der Waals surface area contributed by atoms with Gasteiger partial charge in [-0.1, -0.05) is 27.7 Å². The van der Waals surface area contributed by atoms with Gasteiger partial charge in [0.15, 0.2) is 0 Å². The van der Waals surface area contributed by atoms with Crippen molar-refractivity contribution in [3.05, 3.63) is 0 Å². The molecular weight excluding hydrogens is 392 g/mol. The first-order valence-corrected chi connectivity index (χ1v) is 13.7. The molecule has 0 aromatic carbocycles. The average molecular weight is 443 g/mol. The monoisotopic (exact) mass is 442 g/mol. The third-order valence-electron chi connectivity index (χ3n) is 13.5. The summed E-state index contributed by atoms with van der Waals surface area (Å²) in [6.45, 7) is 14.7. The van der Waals surface area contributed by atoms with Gasteiger partial charge in [-0.2, -0.15) is 0 Å². The minimum absolute atomic E-state index is 0.229. The molecule has 0 heterocycles. The van der Waals surface area contributed by atoms with Crippen LogP contribution in [0, 0.1) is 44.8 Å². The fourth-order valence-corrected chi connectivity index (χ4v) is 11.4. The highest BCUT2D eigenvalue weighted by Gasteiger charge is 2.82. The van der Waals surface area contributed by atoms with Crippen LogP contribution in [-0.4, -0.2) is 48.9 Å². The van der Waals surface area contributed by atoms with Gasteiger partial charge in [-0.25, -0.2) is 0 Å². The molecule has 182 valence electrons. The number of hydrogen-bond donors (Lipinski definition) is 0. The van der Waals surface area contributed by atoms with Gasteiger partial charge >= 0.3 is 0 Å². The Morgan fingerprint density at radius 3 is 2.06 bits per heavy atom. The zero-order valence-electron chi connectivity index (χ0n) is 22.6. The van der Waals surface area contributed by atoms with E-state index in [4.69, 9.17) is 0 Å². The lowest BCUT2D eigenvalue weighted by molar-refractivity contribution is -0.158. The Kier molecular flexibility index (Phi) is 4.90. The molecule has 5 rings (SSSR count). The quantitative estimate of drug-likeness (QED) is 0.518. The molecule has 5 aliphatic rings. The first kappa shape index (κ1) is 23.2. The summed E-state index contributed by atoms with van der Waals surface area (Å²) in [7, 11) is 6.63. The number of hydrogen-bond acceptors (Lipinski definition) is 2. The van der Waals surface area contributed by atoms with Gasteiger partial charge in [0.25, 0.3) is 0 Å². The summed E-state index contributed by atoms with van der Waals surface area (Å²) >= 11 is 0. The molecular formula is C29H50N2O. The second-order valence-electron chi connectivity index (χ2n) is 14.4. The minimum Gasteiger partial charge on any atom is -0.342 e. The number of carbonyl (C=O) groups is 1. The Bertz CT molecular complexity index is 805. The van der Waals surface area contributed by atoms with E-state index in [9.17, 15) is 4.79 Å². The van der Waals surface area contributed by atoms with Gasteiger partial charge in [0.1, 0.15) is 0 Å². The van der Waals surface area contributed by atoms with Crippen LogP contribution >= 0.6 is 0 Å². The summed E-state index contributed by atoms with van der Waals surface area (Å²) in [4.78, 5) is 16.8. The molecule has 0 radical (unpaired) electrons. The lowest BCUT2D eigenvalue weighted by Crippen LogP contribution is -2.60. The number of rotatable bonds is 3. The molecule has 0 unspecified atom stereocenters. The molecule has 0 aromatic rings. The first-order valence-electron chi connectivity index (χ1n) is 13.7. The maximum atomic E-state index is 12.3. The fourth-order valence-electron chi connectivity index (χ4n) is 11.4. The predicted octanol–water partition coefficient (Wildman–Crippen LogP) is 6.22. The summed E-state index contributed by atoms with van der Waals surface area (Å²) in [5.74, 6) is 2.79. The van der Waals surface area contributed by atoms with Crippen LogP contribution in [0.4, 0.5) is 0 Å². The summed E-state index contributed by atoms with van der Waals surface area (Å²) in [6.07, 6.45) is 12.7. The highest BCUT2D eigenvalue weighted by atomic mass is 16.2. The molecule has 5 aliphatic carbocycles. The smallest absolute Gasteiger partial charge is 0.219 e. The van der Waals surface area contributed by atoms with Crippen LogP contribution < -0.4 is 0 Å². The van der Waals surface area contributed by atoms with Crippen LogP contribution in [0.25, 0.3) is 0 Å². The largest absolute Gasteiger partial charge is 0.342 e. The molecule has 5 fully saturated rings. The summed E-state index contributed by atoms with van der Waals surface area (Å²) in [5.41, 5.74) is 2.41. The second-order valence-corrected chi connectivity index (χ2v) is 14.4. The molecule has 3 nitrogen and oxygen atoms in total. The molecule has 0 aromatic heterocycles. The van der Waals surface area contributed by atoms with E-state index in [1.54, 1.807) is 6.92 Å². The highest BCUT2D eigenvalue weighted by Crippen LogP contribution is 2.89. The lowest BCUT2D eigenvalue weighted by atomic mass is 9.41. The molecule has 0 N–H and O–H groups in total. The van der Waals surface area contributed by atoms with Crippen molar-refractivity contribution in [3.63, 3.8) is 0 Å². The number of amides is 1. The van der Waals surface area contributed by atoms with Gasteiger partial charge in [0, 0.05) is 26.1 Å². The van der Waals surface area contributed by atoms with Crippen molar-refractivity contribution in [2.75, 3.05) is 21.1 Å². The molecule has 2 spiro atoms. The van der Waals surface area contributed by atoms with Gasteiger partial charge in [-0.05, 0) is 124 Å². The van der Waals surface area contributed by atoms with Crippen molar-refractivity contribution in [2.45, 2.75) is 111 Å². The van der Waals surface area contributed by atoms with E-state index in [1.165, 1.54) is 57.8 Å². The average Bonchev–Trinajstić information content (AvgIpc) is 3.29. The van der Waals surface area contributed by atoms with Gasteiger partial charge in [0.2, 0.25) is 5.91 Å². The van der Waals surface area contributed by atoms with E-state index in [1.807, 2.05) is 0 Å². The number of fused-ring (bicyclic) bond motifs is 2. The van der Waals surface area contributed by atoms with Crippen LogP contribution in [0.1, 0.15) is 99.3 Å². The SMILES string of the molecule is CC(=O)N(C)[C@H]1CC[C@]23C[C@]24CC[C@]2(C)[C@@H]([C@@H](C)N(C)C)CC[C@@]2(C)[C@@H]4CC[C@H]3C1(C)C. The van der Waals surface area contributed by atoms with Gasteiger partial charge in [-0.15, -0.1) is 0 Å². The molecule has 1 amide bonds. The third-order valence-corrected chi connectivity index (χ3v) is 13.5. The van der Waals surface area contributed by atoms with E-state index in [-0.39, 0.29) is 11.3 Å². The highest BCUT2D eigenvalue weighted by molar-refractivity contribution is 5.73. The Hall–Kier alpha value is -0.570. The number of carbonyl (C=O) groups excluding carboxylic acids is 1. The van der Waals surface area contributed by atoms with E-state index < -0.39 is 0 Å². The van der Waals surface area contributed by atoms with Crippen LogP contribution in [0.3, 0.4) is 0 Å². The summed E-state index contributed by atoms with van der Waals surface area (Å²) in [6, 6.07) is 1.09. The molecule has 3 heteroatoms. The molecule has 0 bridgehead atoms. The topological polar surface area (TPSA) is 23.6 Å². The zero-order chi connectivity index (χ0) is 23.5. The molecule has 0 saturated heterocycles. The predicted molar refractivity (Wildman–Crippen MR) is 132 cm³/mol. The van der Waals surface area contributed by atoms with E-state index in [0.29, 0.717) is 33.7 Å². The van der Waals surface area contributed by atoms with E-state index in [0.717, 1.165) is 17.8 Å². The Labute approximate surface area is 198 Å². The second kappa shape index (κ2) is 6.76. The van der Waals surface area contributed by atoms with Gasteiger partial charge in [-0.3, -0.25) is 4.79 Å².